The number of halogens is 1. The van der Waals surface area contributed by atoms with Crippen LogP contribution in [0.1, 0.15) is 43.4 Å². The predicted octanol–water partition coefficient (Wildman–Crippen LogP) is 3.89. The summed E-state index contributed by atoms with van der Waals surface area (Å²) < 4.78 is 16.9. The van der Waals surface area contributed by atoms with Crippen LogP contribution in [0.3, 0.4) is 0 Å². The Hall–Kier alpha value is -1.81. The molecule has 7 nitrogen and oxygen atoms in total. The summed E-state index contributed by atoms with van der Waals surface area (Å²) in [5.74, 6) is 2.32. The van der Waals surface area contributed by atoms with E-state index in [0.29, 0.717) is 25.9 Å². The van der Waals surface area contributed by atoms with E-state index in [9.17, 15) is 0 Å². The van der Waals surface area contributed by atoms with E-state index in [0.717, 1.165) is 49.0 Å². The molecule has 0 amide bonds. The second-order valence-electron chi connectivity index (χ2n) is 6.83. The Kier molecular flexibility index (Phi) is 10.9. The first-order valence-electron chi connectivity index (χ1n) is 10.0. The van der Waals surface area contributed by atoms with Gasteiger partial charge in [-0.3, -0.25) is 4.99 Å². The Bertz CT molecular complexity index is 718. The molecule has 2 aromatic heterocycles. The minimum Gasteiger partial charge on any atom is -0.474 e. The van der Waals surface area contributed by atoms with Crippen molar-refractivity contribution < 1.29 is 13.9 Å². The molecule has 2 heterocycles. The smallest absolute Gasteiger partial charge is 0.218 e. The van der Waals surface area contributed by atoms with E-state index >= 15 is 0 Å². The van der Waals surface area contributed by atoms with Gasteiger partial charge in [-0.2, -0.15) is 0 Å². The van der Waals surface area contributed by atoms with E-state index in [1.165, 1.54) is 12.8 Å². The average Bonchev–Trinajstić information content (AvgIpc) is 3.42. The zero-order valence-electron chi connectivity index (χ0n) is 16.9. The molecule has 0 unspecified atom stereocenters. The molecule has 2 aromatic rings. The van der Waals surface area contributed by atoms with Gasteiger partial charge in [0.05, 0.1) is 6.26 Å². The Labute approximate surface area is 189 Å². The number of ether oxygens (including phenoxy) is 2. The SMILES string of the molecule is CN=C(NCCCOCc1ccco1)NCc1cccnc1OC1CCCC1.I. The van der Waals surface area contributed by atoms with Crippen molar-refractivity contribution in [3.63, 3.8) is 0 Å². The molecule has 1 aliphatic rings. The maximum Gasteiger partial charge on any atom is 0.218 e. The highest BCUT2D eigenvalue weighted by Crippen LogP contribution is 2.24. The zero-order valence-corrected chi connectivity index (χ0v) is 19.3. The van der Waals surface area contributed by atoms with E-state index in [1.807, 2.05) is 24.3 Å². The fourth-order valence-electron chi connectivity index (χ4n) is 3.18. The summed E-state index contributed by atoms with van der Waals surface area (Å²) in [4.78, 5) is 8.69. The molecule has 8 heteroatoms. The Morgan fingerprint density at radius 2 is 2.10 bits per heavy atom. The molecule has 0 atom stereocenters. The van der Waals surface area contributed by atoms with Crippen LogP contribution in [0, 0.1) is 0 Å². The van der Waals surface area contributed by atoms with Gasteiger partial charge in [-0.05, 0) is 50.3 Å². The van der Waals surface area contributed by atoms with Crippen LogP contribution in [0.2, 0.25) is 0 Å². The Morgan fingerprint density at radius 3 is 2.86 bits per heavy atom. The third kappa shape index (κ3) is 8.22. The van der Waals surface area contributed by atoms with Crippen molar-refractivity contribution in [3.8, 4) is 5.88 Å². The highest BCUT2D eigenvalue weighted by atomic mass is 127. The molecule has 29 heavy (non-hydrogen) atoms. The number of hydrogen-bond donors (Lipinski definition) is 2. The van der Waals surface area contributed by atoms with Crippen LogP contribution in [0.5, 0.6) is 5.88 Å². The molecule has 0 saturated heterocycles. The number of rotatable bonds is 10. The van der Waals surface area contributed by atoms with Crippen LogP contribution in [0.15, 0.2) is 46.1 Å². The lowest BCUT2D eigenvalue weighted by Crippen LogP contribution is -2.37. The van der Waals surface area contributed by atoms with E-state index in [4.69, 9.17) is 13.9 Å². The van der Waals surface area contributed by atoms with E-state index in [1.54, 1.807) is 19.5 Å². The van der Waals surface area contributed by atoms with Crippen molar-refractivity contribution in [3.05, 3.63) is 48.0 Å². The predicted molar refractivity (Wildman–Crippen MR) is 124 cm³/mol. The number of furan rings is 1. The number of hydrogen-bond acceptors (Lipinski definition) is 5. The van der Waals surface area contributed by atoms with Crippen LogP contribution in [-0.4, -0.2) is 37.2 Å². The summed E-state index contributed by atoms with van der Waals surface area (Å²) in [5, 5.41) is 6.63. The number of aliphatic imine (C=N–C) groups is 1. The molecule has 0 bridgehead atoms. The van der Waals surface area contributed by atoms with Crippen molar-refractivity contribution in [2.45, 2.75) is 51.4 Å². The van der Waals surface area contributed by atoms with Crippen LogP contribution in [-0.2, 0) is 17.9 Å². The van der Waals surface area contributed by atoms with Gasteiger partial charge < -0.3 is 24.5 Å². The van der Waals surface area contributed by atoms with Gasteiger partial charge in [0.25, 0.3) is 0 Å². The third-order valence-corrected chi connectivity index (χ3v) is 4.68. The van der Waals surface area contributed by atoms with Gasteiger partial charge in [0.1, 0.15) is 18.5 Å². The standard InChI is InChI=1S/C21H30N4O3.HI/c1-22-21(24-12-6-13-26-16-19-10-5-14-27-19)25-15-17-7-4-11-23-20(17)28-18-8-2-3-9-18;/h4-5,7,10-11,14,18H,2-3,6,8-9,12-13,15-16H2,1H3,(H2,22,24,25);1H. The van der Waals surface area contributed by atoms with Crippen LogP contribution >= 0.6 is 24.0 Å². The Balaban J connectivity index is 0.00000300. The highest BCUT2D eigenvalue weighted by molar-refractivity contribution is 14.0. The summed E-state index contributed by atoms with van der Waals surface area (Å²) in [7, 11) is 1.77. The van der Waals surface area contributed by atoms with Crippen LogP contribution < -0.4 is 15.4 Å². The monoisotopic (exact) mass is 514 g/mol. The maximum atomic E-state index is 6.09. The zero-order chi connectivity index (χ0) is 19.4. The van der Waals surface area contributed by atoms with Gasteiger partial charge >= 0.3 is 0 Å². The van der Waals surface area contributed by atoms with Crippen LogP contribution in [0.4, 0.5) is 0 Å². The fourth-order valence-corrected chi connectivity index (χ4v) is 3.18. The lowest BCUT2D eigenvalue weighted by Gasteiger charge is -2.16. The van der Waals surface area contributed by atoms with Crippen molar-refractivity contribution >= 4 is 29.9 Å². The van der Waals surface area contributed by atoms with E-state index in [-0.39, 0.29) is 24.0 Å². The summed E-state index contributed by atoms with van der Waals surface area (Å²) in [6.45, 7) is 2.55. The number of aromatic nitrogens is 1. The second kappa shape index (κ2) is 13.4. The van der Waals surface area contributed by atoms with Gasteiger partial charge in [-0.25, -0.2) is 4.98 Å². The minimum atomic E-state index is 0. The molecule has 1 fully saturated rings. The number of nitrogens with one attached hydrogen (secondary N) is 2. The third-order valence-electron chi connectivity index (χ3n) is 4.68. The maximum absolute atomic E-state index is 6.09. The van der Waals surface area contributed by atoms with Gasteiger partial charge in [0.15, 0.2) is 5.96 Å². The minimum absolute atomic E-state index is 0. The Morgan fingerprint density at radius 1 is 1.24 bits per heavy atom. The van der Waals surface area contributed by atoms with Gasteiger partial charge in [0, 0.05) is 38.5 Å². The fraction of sp³-hybridized carbons (Fsp3) is 0.524. The molecular formula is C21H31IN4O3. The number of guanidine groups is 1. The topological polar surface area (TPSA) is 80.9 Å². The molecule has 0 aliphatic heterocycles. The molecule has 0 spiro atoms. The van der Waals surface area contributed by atoms with Crippen LogP contribution in [0.25, 0.3) is 0 Å². The molecule has 3 rings (SSSR count). The summed E-state index contributed by atoms with van der Waals surface area (Å²) in [6.07, 6.45) is 9.34. The van der Waals surface area contributed by atoms with E-state index < -0.39 is 0 Å². The number of nitrogens with zero attached hydrogens (tertiary/aromatic N) is 2. The molecule has 160 valence electrons. The average molecular weight is 514 g/mol. The lowest BCUT2D eigenvalue weighted by molar-refractivity contribution is 0.105. The summed E-state index contributed by atoms with van der Waals surface area (Å²) in [5.41, 5.74) is 1.04. The molecule has 1 aliphatic carbocycles. The van der Waals surface area contributed by atoms with Gasteiger partial charge in [0.2, 0.25) is 5.88 Å². The molecular weight excluding hydrogens is 483 g/mol. The van der Waals surface area contributed by atoms with Gasteiger partial charge in [-0.1, -0.05) is 6.07 Å². The van der Waals surface area contributed by atoms with Crippen molar-refractivity contribution in [2.75, 3.05) is 20.2 Å². The van der Waals surface area contributed by atoms with Crippen molar-refractivity contribution in [1.29, 1.82) is 0 Å². The van der Waals surface area contributed by atoms with Gasteiger partial charge in [-0.15, -0.1) is 24.0 Å². The normalized spacial score (nSPS) is 14.4. The summed E-state index contributed by atoms with van der Waals surface area (Å²) >= 11 is 0. The first-order valence-corrected chi connectivity index (χ1v) is 10.0. The largest absolute Gasteiger partial charge is 0.474 e. The second-order valence-corrected chi connectivity index (χ2v) is 6.83. The lowest BCUT2D eigenvalue weighted by atomic mass is 10.2. The first kappa shape index (κ1) is 23.5. The first-order chi connectivity index (χ1) is 13.8. The van der Waals surface area contributed by atoms with Crippen molar-refractivity contribution in [2.24, 2.45) is 4.99 Å². The van der Waals surface area contributed by atoms with Crippen molar-refractivity contribution in [1.82, 2.24) is 15.6 Å². The van der Waals surface area contributed by atoms with E-state index in [2.05, 4.69) is 20.6 Å². The molecule has 1 saturated carbocycles. The molecule has 0 radical (unpaired) electrons. The quantitative estimate of drug-likeness (QED) is 0.217. The molecule has 2 N–H and O–H groups in total. The number of pyridine rings is 1. The highest BCUT2D eigenvalue weighted by Gasteiger charge is 2.18. The summed E-state index contributed by atoms with van der Waals surface area (Å²) in [6, 6.07) is 7.75. The molecule has 0 aromatic carbocycles.